The highest BCUT2D eigenvalue weighted by molar-refractivity contribution is 5.82. The second-order valence-electron chi connectivity index (χ2n) is 11.4. The topological polar surface area (TPSA) is 91.5 Å². The van der Waals surface area contributed by atoms with Crippen LogP contribution in [-0.4, -0.2) is 63.8 Å². The van der Waals surface area contributed by atoms with Crippen LogP contribution in [0.25, 0.3) is 0 Å². The number of carbonyl (C=O) groups excluding carboxylic acids is 1. The van der Waals surface area contributed by atoms with E-state index in [9.17, 15) is 18.7 Å². The number of halogens is 2. The fourth-order valence-electron chi connectivity index (χ4n) is 5.61. The number of piperidine rings is 2. The molecule has 2 atom stereocenters. The van der Waals surface area contributed by atoms with Crippen LogP contribution in [0.3, 0.4) is 0 Å². The van der Waals surface area contributed by atoms with E-state index in [1.165, 1.54) is 0 Å². The van der Waals surface area contributed by atoms with Crippen LogP contribution in [0.2, 0.25) is 0 Å². The van der Waals surface area contributed by atoms with Gasteiger partial charge in [-0.05, 0) is 38.0 Å². The van der Waals surface area contributed by atoms with Gasteiger partial charge in [0.15, 0.2) is 5.82 Å². The molecule has 1 aromatic heterocycles. The molecule has 3 aliphatic rings. The van der Waals surface area contributed by atoms with E-state index in [1.54, 1.807) is 0 Å². The molecule has 1 aromatic rings. The van der Waals surface area contributed by atoms with Crippen molar-refractivity contribution in [3.63, 3.8) is 0 Å². The number of nitrogens with zero attached hydrogens (tertiary/aromatic N) is 3. The van der Waals surface area contributed by atoms with Gasteiger partial charge in [-0.3, -0.25) is 4.79 Å². The maximum absolute atomic E-state index is 13.5. The molecule has 1 saturated carbocycles. The molecule has 2 N–H and O–H groups in total. The lowest BCUT2D eigenvalue weighted by atomic mass is 9.69. The van der Waals surface area contributed by atoms with Crippen molar-refractivity contribution in [1.82, 2.24) is 20.4 Å². The van der Waals surface area contributed by atoms with Crippen LogP contribution in [0, 0.1) is 11.3 Å². The van der Waals surface area contributed by atoms with Crippen LogP contribution in [0.15, 0.2) is 4.52 Å². The SMILES string of the molecule is CC(C)C1(c2noc(C3CCC(F)(F)CC3)n2)CCN(C(=O)[C@@H]2C[C@@H](O)C(C)(C)CN2)CC1. The molecular formula is C24H38F2N4O3. The van der Waals surface area contributed by atoms with Gasteiger partial charge in [0, 0.05) is 49.2 Å². The summed E-state index contributed by atoms with van der Waals surface area (Å²) >= 11 is 0. The molecule has 186 valence electrons. The highest BCUT2D eigenvalue weighted by Crippen LogP contribution is 2.44. The van der Waals surface area contributed by atoms with Crippen molar-refractivity contribution in [2.24, 2.45) is 11.3 Å². The van der Waals surface area contributed by atoms with Crippen LogP contribution in [0.4, 0.5) is 8.78 Å². The summed E-state index contributed by atoms with van der Waals surface area (Å²) in [6.45, 7) is 10.1. The van der Waals surface area contributed by atoms with Gasteiger partial charge in [-0.1, -0.05) is 32.9 Å². The van der Waals surface area contributed by atoms with Crippen molar-refractivity contribution in [2.75, 3.05) is 19.6 Å². The van der Waals surface area contributed by atoms with Crippen LogP contribution in [0.5, 0.6) is 0 Å². The van der Waals surface area contributed by atoms with Crippen LogP contribution >= 0.6 is 0 Å². The zero-order valence-electron chi connectivity index (χ0n) is 20.2. The van der Waals surface area contributed by atoms with Crippen molar-refractivity contribution in [3.8, 4) is 0 Å². The number of aliphatic hydroxyl groups excluding tert-OH is 1. The number of aromatic nitrogens is 2. The van der Waals surface area contributed by atoms with Gasteiger partial charge in [0.2, 0.25) is 17.7 Å². The molecule has 2 aliphatic heterocycles. The Bertz CT molecular complexity index is 839. The lowest BCUT2D eigenvalue weighted by molar-refractivity contribution is -0.138. The van der Waals surface area contributed by atoms with Gasteiger partial charge in [-0.2, -0.15) is 4.98 Å². The zero-order valence-corrected chi connectivity index (χ0v) is 20.2. The predicted molar refractivity (Wildman–Crippen MR) is 119 cm³/mol. The summed E-state index contributed by atoms with van der Waals surface area (Å²) in [4.78, 5) is 19.7. The molecule has 1 amide bonds. The third-order valence-electron chi connectivity index (χ3n) is 8.49. The summed E-state index contributed by atoms with van der Waals surface area (Å²) in [5.74, 6) is -1.29. The van der Waals surface area contributed by atoms with Gasteiger partial charge in [0.25, 0.3) is 0 Å². The van der Waals surface area contributed by atoms with E-state index in [-0.39, 0.29) is 47.5 Å². The van der Waals surface area contributed by atoms with Gasteiger partial charge < -0.3 is 19.8 Å². The monoisotopic (exact) mass is 468 g/mol. The lowest BCUT2D eigenvalue weighted by Gasteiger charge is -2.45. The van der Waals surface area contributed by atoms with E-state index >= 15 is 0 Å². The average Bonchev–Trinajstić information content (AvgIpc) is 3.26. The standard InChI is InChI=1S/C24H38F2N4O3/c1-15(2)23(21-28-19(33-29-21)16-5-7-24(25,26)8-6-16)9-11-30(12-10-23)20(32)17-13-18(31)22(3,4)14-27-17/h15-18,27,31H,5-14H2,1-4H3/t17-,18+/m0/s1. The number of aliphatic hydroxyl groups is 1. The fourth-order valence-corrected chi connectivity index (χ4v) is 5.61. The van der Waals surface area contributed by atoms with Gasteiger partial charge in [0.05, 0.1) is 12.1 Å². The number of hydrogen-bond acceptors (Lipinski definition) is 6. The number of carbonyl (C=O) groups is 1. The molecule has 2 saturated heterocycles. The van der Waals surface area contributed by atoms with Crippen LogP contribution < -0.4 is 5.32 Å². The highest BCUT2D eigenvalue weighted by atomic mass is 19.3. The van der Waals surface area contributed by atoms with Gasteiger partial charge in [-0.15, -0.1) is 0 Å². The van der Waals surface area contributed by atoms with E-state index < -0.39 is 12.0 Å². The number of alkyl halides is 2. The number of hydrogen-bond donors (Lipinski definition) is 2. The summed E-state index contributed by atoms with van der Waals surface area (Å²) in [5.41, 5.74) is -0.547. The first-order valence-corrected chi connectivity index (χ1v) is 12.4. The molecule has 3 heterocycles. The molecule has 4 rings (SSSR count). The molecule has 1 aliphatic carbocycles. The zero-order chi connectivity index (χ0) is 24.0. The molecule has 0 aromatic carbocycles. The van der Waals surface area contributed by atoms with Crippen molar-refractivity contribution < 1.29 is 23.2 Å². The first kappa shape index (κ1) is 24.5. The van der Waals surface area contributed by atoms with E-state index in [2.05, 4.69) is 24.3 Å². The Balaban J connectivity index is 1.41. The second-order valence-corrected chi connectivity index (χ2v) is 11.4. The summed E-state index contributed by atoms with van der Waals surface area (Å²) in [6.07, 6.45) is 1.81. The van der Waals surface area contributed by atoms with Crippen molar-refractivity contribution >= 4 is 5.91 Å². The summed E-state index contributed by atoms with van der Waals surface area (Å²) in [7, 11) is 0. The summed E-state index contributed by atoms with van der Waals surface area (Å²) < 4.78 is 32.6. The third-order valence-corrected chi connectivity index (χ3v) is 8.49. The summed E-state index contributed by atoms with van der Waals surface area (Å²) in [5, 5.41) is 18.0. The molecular weight excluding hydrogens is 430 g/mol. The minimum Gasteiger partial charge on any atom is -0.392 e. The molecule has 9 heteroatoms. The highest BCUT2D eigenvalue weighted by Gasteiger charge is 2.46. The summed E-state index contributed by atoms with van der Waals surface area (Å²) in [6, 6.07) is -0.360. The molecule has 3 fully saturated rings. The van der Waals surface area contributed by atoms with E-state index in [4.69, 9.17) is 9.51 Å². The van der Waals surface area contributed by atoms with Crippen molar-refractivity contribution in [3.05, 3.63) is 11.7 Å². The van der Waals surface area contributed by atoms with Crippen molar-refractivity contribution in [2.45, 2.75) is 102 Å². The Hall–Kier alpha value is -1.61. The average molecular weight is 469 g/mol. The Morgan fingerprint density at radius 1 is 1.18 bits per heavy atom. The normalized spacial score (nSPS) is 29.9. The Labute approximate surface area is 194 Å². The molecule has 7 nitrogen and oxygen atoms in total. The Morgan fingerprint density at radius 2 is 1.82 bits per heavy atom. The third kappa shape index (κ3) is 4.81. The maximum Gasteiger partial charge on any atom is 0.248 e. The minimum atomic E-state index is -2.59. The van der Waals surface area contributed by atoms with E-state index in [0.717, 1.165) is 12.8 Å². The van der Waals surface area contributed by atoms with Gasteiger partial charge in [-0.25, -0.2) is 8.78 Å². The minimum absolute atomic E-state index is 0.0406. The maximum atomic E-state index is 13.5. The van der Waals surface area contributed by atoms with Gasteiger partial charge >= 0.3 is 0 Å². The van der Waals surface area contributed by atoms with E-state index in [1.807, 2.05) is 18.7 Å². The number of amides is 1. The number of nitrogens with one attached hydrogen (secondary N) is 1. The fraction of sp³-hybridized carbons (Fsp3) is 0.875. The van der Waals surface area contributed by atoms with Crippen LogP contribution in [-0.2, 0) is 10.2 Å². The lowest BCUT2D eigenvalue weighted by Crippen LogP contribution is -2.59. The quantitative estimate of drug-likeness (QED) is 0.701. The second kappa shape index (κ2) is 8.87. The Morgan fingerprint density at radius 3 is 2.39 bits per heavy atom. The van der Waals surface area contributed by atoms with Gasteiger partial charge in [0.1, 0.15) is 0 Å². The number of rotatable bonds is 4. The van der Waals surface area contributed by atoms with E-state index in [0.29, 0.717) is 50.6 Å². The first-order chi connectivity index (χ1) is 15.4. The Kier molecular flexibility index (Phi) is 6.59. The van der Waals surface area contributed by atoms with Crippen LogP contribution in [0.1, 0.15) is 90.3 Å². The molecule has 0 spiro atoms. The molecule has 0 radical (unpaired) electrons. The van der Waals surface area contributed by atoms with Crippen molar-refractivity contribution in [1.29, 1.82) is 0 Å². The molecule has 0 unspecified atom stereocenters. The number of likely N-dealkylation sites (tertiary alicyclic amines) is 1. The largest absolute Gasteiger partial charge is 0.392 e. The first-order valence-electron chi connectivity index (χ1n) is 12.4. The smallest absolute Gasteiger partial charge is 0.248 e. The molecule has 0 bridgehead atoms. The predicted octanol–water partition coefficient (Wildman–Crippen LogP) is 3.63. The molecule has 33 heavy (non-hydrogen) atoms.